The van der Waals surface area contributed by atoms with E-state index in [0.29, 0.717) is 5.92 Å². The van der Waals surface area contributed by atoms with Gasteiger partial charge in [-0.2, -0.15) is 11.3 Å². The van der Waals surface area contributed by atoms with Crippen LogP contribution in [0.15, 0.2) is 33.8 Å². The number of rotatable bonds is 3. The van der Waals surface area contributed by atoms with E-state index in [-0.39, 0.29) is 17.4 Å². The van der Waals surface area contributed by atoms with E-state index in [4.69, 9.17) is 0 Å². The highest BCUT2D eigenvalue weighted by Crippen LogP contribution is 2.35. The predicted octanol–water partition coefficient (Wildman–Crippen LogP) is 2.77. The number of fused-ring (bicyclic) bond motifs is 4. The van der Waals surface area contributed by atoms with Crippen LogP contribution in [0.3, 0.4) is 0 Å². The summed E-state index contributed by atoms with van der Waals surface area (Å²) in [4.78, 5) is 30.2. The van der Waals surface area contributed by atoms with Crippen LogP contribution in [0.5, 0.6) is 0 Å². The minimum absolute atomic E-state index is 0.132. The molecule has 3 aliphatic heterocycles. The smallest absolute Gasteiger partial charge is 0.255 e. The monoisotopic (exact) mass is 383 g/mol. The van der Waals surface area contributed by atoms with Crippen LogP contribution in [0, 0.1) is 5.92 Å². The highest BCUT2D eigenvalue weighted by atomic mass is 32.1. The van der Waals surface area contributed by atoms with Gasteiger partial charge in [-0.3, -0.25) is 14.5 Å². The summed E-state index contributed by atoms with van der Waals surface area (Å²) in [6.45, 7) is 5.20. The second kappa shape index (κ2) is 6.91. The van der Waals surface area contributed by atoms with Crippen molar-refractivity contribution in [1.29, 1.82) is 0 Å². The molecule has 5 heterocycles. The van der Waals surface area contributed by atoms with Gasteiger partial charge >= 0.3 is 0 Å². The summed E-state index contributed by atoms with van der Waals surface area (Å²) in [5.74, 6) is 0.777. The Morgan fingerprint density at radius 3 is 2.74 bits per heavy atom. The van der Waals surface area contributed by atoms with Crippen molar-refractivity contribution in [3.05, 3.63) is 56.1 Å². The van der Waals surface area contributed by atoms with Crippen LogP contribution in [0.1, 0.15) is 46.8 Å². The fourth-order valence-corrected chi connectivity index (χ4v) is 5.66. The molecule has 2 aromatic rings. The van der Waals surface area contributed by atoms with Crippen LogP contribution in [-0.2, 0) is 13.1 Å². The van der Waals surface area contributed by atoms with Gasteiger partial charge < -0.3 is 9.47 Å². The minimum atomic E-state index is 0.132. The normalized spacial score (nSPS) is 24.8. The van der Waals surface area contributed by atoms with E-state index in [1.165, 1.54) is 12.8 Å². The van der Waals surface area contributed by atoms with Crippen LogP contribution in [-0.4, -0.2) is 46.5 Å². The molecule has 1 amide bonds. The Balaban J connectivity index is 1.40. The van der Waals surface area contributed by atoms with Gasteiger partial charge in [0.05, 0.1) is 5.56 Å². The Kier molecular flexibility index (Phi) is 4.40. The molecule has 2 aromatic heterocycles. The minimum Gasteiger partial charge on any atom is -0.338 e. The average molecular weight is 384 g/mol. The molecule has 6 heteroatoms. The summed E-state index contributed by atoms with van der Waals surface area (Å²) >= 11 is 1.56. The van der Waals surface area contributed by atoms with Crippen molar-refractivity contribution in [1.82, 2.24) is 14.4 Å². The first kappa shape index (κ1) is 17.2. The summed E-state index contributed by atoms with van der Waals surface area (Å²) in [6, 6.07) is 6.08. The van der Waals surface area contributed by atoms with E-state index in [1.54, 1.807) is 11.3 Å². The first-order valence-electron chi connectivity index (χ1n) is 9.95. The summed E-state index contributed by atoms with van der Waals surface area (Å²) in [5.41, 5.74) is 3.01. The Hall–Kier alpha value is -1.92. The molecule has 5 rings (SSSR count). The van der Waals surface area contributed by atoms with Gasteiger partial charge in [-0.1, -0.05) is 6.07 Å². The van der Waals surface area contributed by atoms with E-state index >= 15 is 0 Å². The average Bonchev–Trinajstić information content (AvgIpc) is 3.37. The number of pyridine rings is 1. The Bertz CT molecular complexity index is 899. The number of hydrogen-bond acceptors (Lipinski definition) is 4. The number of likely N-dealkylation sites (tertiary alicyclic amines) is 2. The van der Waals surface area contributed by atoms with Gasteiger partial charge in [0.2, 0.25) is 0 Å². The zero-order chi connectivity index (χ0) is 18.4. The van der Waals surface area contributed by atoms with Gasteiger partial charge in [0.15, 0.2) is 0 Å². The molecule has 27 heavy (non-hydrogen) atoms. The Morgan fingerprint density at radius 1 is 1.11 bits per heavy atom. The molecule has 142 valence electrons. The molecule has 0 spiro atoms. The summed E-state index contributed by atoms with van der Waals surface area (Å²) in [6.07, 6.45) is 3.56. The third-order valence-electron chi connectivity index (χ3n) is 6.33. The third kappa shape index (κ3) is 3.15. The largest absolute Gasteiger partial charge is 0.338 e. The lowest BCUT2D eigenvalue weighted by Gasteiger charge is -2.43. The molecule has 3 aliphatic rings. The second-order valence-corrected chi connectivity index (χ2v) is 8.98. The van der Waals surface area contributed by atoms with Gasteiger partial charge in [-0.05, 0) is 55.8 Å². The second-order valence-electron chi connectivity index (χ2n) is 8.20. The van der Waals surface area contributed by atoms with Crippen molar-refractivity contribution in [3.8, 4) is 0 Å². The molecule has 0 saturated carbocycles. The standard InChI is InChI=1S/C21H25N3O2S/c25-20(17-5-8-27-14-17)23-10-15-9-18(13-23)19-4-3-16(21(26)24(19)11-15)12-22-6-1-2-7-22/h3-5,8,14-15,18H,1-2,6-7,9-13H2/t15-,18+/m0/s1. The summed E-state index contributed by atoms with van der Waals surface area (Å²) < 4.78 is 2.01. The van der Waals surface area contributed by atoms with Crippen LogP contribution < -0.4 is 5.56 Å². The lowest BCUT2D eigenvalue weighted by molar-refractivity contribution is 0.0594. The summed E-state index contributed by atoms with van der Waals surface area (Å²) in [7, 11) is 0. The maximum Gasteiger partial charge on any atom is 0.255 e. The fraction of sp³-hybridized carbons (Fsp3) is 0.524. The lowest BCUT2D eigenvalue weighted by atomic mass is 9.82. The van der Waals surface area contributed by atoms with Crippen LogP contribution in [0.25, 0.3) is 0 Å². The molecule has 2 fully saturated rings. The first-order valence-corrected chi connectivity index (χ1v) is 10.9. The highest BCUT2D eigenvalue weighted by Gasteiger charge is 2.37. The molecule has 2 atom stereocenters. The van der Waals surface area contributed by atoms with Crippen LogP contribution >= 0.6 is 11.3 Å². The van der Waals surface area contributed by atoms with Crippen molar-refractivity contribution in [3.63, 3.8) is 0 Å². The lowest BCUT2D eigenvalue weighted by Crippen LogP contribution is -2.49. The Morgan fingerprint density at radius 2 is 1.96 bits per heavy atom. The highest BCUT2D eigenvalue weighted by molar-refractivity contribution is 7.08. The number of amides is 1. The molecule has 0 radical (unpaired) electrons. The van der Waals surface area contributed by atoms with E-state index in [1.807, 2.05) is 32.4 Å². The zero-order valence-electron chi connectivity index (χ0n) is 15.5. The fourth-order valence-electron chi connectivity index (χ4n) is 5.03. The summed E-state index contributed by atoms with van der Waals surface area (Å²) in [5, 5.41) is 3.88. The molecule has 2 bridgehead atoms. The van der Waals surface area contributed by atoms with Crippen molar-refractivity contribution in [2.45, 2.75) is 38.3 Å². The predicted molar refractivity (Wildman–Crippen MR) is 106 cm³/mol. The van der Waals surface area contributed by atoms with Gasteiger partial charge in [0.25, 0.3) is 11.5 Å². The zero-order valence-corrected chi connectivity index (χ0v) is 16.3. The maximum atomic E-state index is 13.1. The molecule has 0 aromatic carbocycles. The molecule has 0 aliphatic carbocycles. The van der Waals surface area contributed by atoms with Crippen molar-refractivity contribution >= 4 is 17.2 Å². The van der Waals surface area contributed by atoms with Gasteiger partial charge in [0, 0.05) is 48.7 Å². The number of piperidine rings is 1. The van der Waals surface area contributed by atoms with E-state index < -0.39 is 0 Å². The molecule has 5 nitrogen and oxygen atoms in total. The van der Waals surface area contributed by atoms with Crippen LogP contribution in [0.4, 0.5) is 0 Å². The van der Waals surface area contributed by atoms with Crippen molar-refractivity contribution < 1.29 is 4.79 Å². The molecule has 0 unspecified atom stereocenters. The molecular weight excluding hydrogens is 358 g/mol. The topological polar surface area (TPSA) is 45.6 Å². The number of thiophene rings is 1. The molecule has 0 N–H and O–H groups in total. The van der Waals surface area contributed by atoms with Crippen molar-refractivity contribution in [2.75, 3.05) is 26.2 Å². The number of carbonyl (C=O) groups excluding carboxylic acids is 1. The first-order chi connectivity index (χ1) is 13.2. The molecular formula is C21H25N3O2S. The van der Waals surface area contributed by atoms with E-state index in [9.17, 15) is 9.59 Å². The van der Waals surface area contributed by atoms with Gasteiger partial charge in [0.1, 0.15) is 0 Å². The maximum absolute atomic E-state index is 13.1. The quantitative estimate of drug-likeness (QED) is 0.819. The number of carbonyl (C=O) groups is 1. The van der Waals surface area contributed by atoms with Gasteiger partial charge in [-0.25, -0.2) is 0 Å². The van der Waals surface area contributed by atoms with E-state index in [2.05, 4.69) is 11.0 Å². The van der Waals surface area contributed by atoms with Crippen LogP contribution in [0.2, 0.25) is 0 Å². The molecule has 2 saturated heterocycles. The van der Waals surface area contributed by atoms with Crippen molar-refractivity contribution in [2.24, 2.45) is 5.92 Å². The number of nitrogens with zero attached hydrogens (tertiary/aromatic N) is 3. The van der Waals surface area contributed by atoms with E-state index in [0.717, 1.165) is 62.5 Å². The SMILES string of the molecule is O=C(c1ccsc1)N1C[C@@H]2C[C@H](C1)c1ccc(CN3CCCC3)c(=O)n1C2. The number of aromatic nitrogens is 1. The number of hydrogen-bond donors (Lipinski definition) is 0. The third-order valence-corrected chi connectivity index (χ3v) is 7.01. The Labute approximate surface area is 163 Å². The van der Waals surface area contributed by atoms with Gasteiger partial charge in [-0.15, -0.1) is 0 Å².